The van der Waals surface area contributed by atoms with Gasteiger partial charge in [0.05, 0.1) is 4.90 Å². The van der Waals surface area contributed by atoms with Crippen molar-refractivity contribution < 1.29 is 8.42 Å². The summed E-state index contributed by atoms with van der Waals surface area (Å²) in [5.41, 5.74) is 8.28. The Morgan fingerprint density at radius 1 is 1.33 bits per heavy atom. The first-order chi connectivity index (χ1) is 9.94. The molecule has 1 heterocycles. The molecule has 114 valence electrons. The molecule has 0 amide bonds. The van der Waals surface area contributed by atoms with Crippen molar-refractivity contribution in [2.24, 2.45) is 7.05 Å². The molecular weight excluding hydrogens is 288 g/mol. The molecule has 7 heteroatoms. The van der Waals surface area contributed by atoms with Crippen molar-refractivity contribution in [1.82, 2.24) is 14.5 Å². The Morgan fingerprint density at radius 2 is 2.10 bits per heavy atom. The van der Waals surface area contributed by atoms with Gasteiger partial charge in [0.2, 0.25) is 10.0 Å². The molecule has 0 fully saturated rings. The SMILES string of the molecule is CCc1ccc(S(=O)(=O)NCCc2ccnn2C)cc1N. The standard InChI is InChI=1S/C14H20N4O2S/c1-3-11-4-5-13(10-14(11)15)21(19,20)17-9-7-12-6-8-16-18(12)2/h4-6,8,10,17H,3,7,9,15H2,1-2H3. The van der Waals surface area contributed by atoms with Gasteiger partial charge in [0.15, 0.2) is 0 Å². The van der Waals surface area contributed by atoms with E-state index in [2.05, 4.69) is 9.82 Å². The third-order valence-electron chi connectivity index (χ3n) is 3.40. The minimum absolute atomic E-state index is 0.196. The summed E-state index contributed by atoms with van der Waals surface area (Å²) in [7, 11) is -1.71. The van der Waals surface area contributed by atoms with Gasteiger partial charge in [-0.15, -0.1) is 0 Å². The van der Waals surface area contributed by atoms with Crippen LogP contribution in [0.15, 0.2) is 35.4 Å². The van der Waals surface area contributed by atoms with Gasteiger partial charge in [-0.2, -0.15) is 5.10 Å². The number of nitrogens with one attached hydrogen (secondary N) is 1. The molecule has 6 nitrogen and oxygen atoms in total. The molecule has 0 bridgehead atoms. The maximum absolute atomic E-state index is 12.2. The van der Waals surface area contributed by atoms with Gasteiger partial charge in [0.25, 0.3) is 0 Å². The molecule has 2 aromatic rings. The van der Waals surface area contributed by atoms with E-state index in [4.69, 9.17) is 5.73 Å². The Labute approximate surface area is 125 Å². The zero-order valence-corrected chi connectivity index (χ0v) is 13.0. The van der Waals surface area contributed by atoms with E-state index in [1.807, 2.05) is 20.0 Å². The molecule has 21 heavy (non-hydrogen) atoms. The van der Waals surface area contributed by atoms with Gasteiger partial charge in [-0.25, -0.2) is 13.1 Å². The van der Waals surface area contributed by atoms with Gasteiger partial charge in [-0.1, -0.05) is 13.0 Å². The number of hydrogen-bond donors (Lipinski definition) is 2. The summed E-state index contributed by atoms with van der Waals surface area (Å²) in [6.45, 7) is 2.29. The number of sulfonamides is 1. The lowest BCUT2D eigenvalue weighted by Crippen LogP contribution is -2.26. The van der Waals surface area contributed by atoms with Crippen molar-refractivity contribution in [3.63, 3.8) is 0 Å². The van der Waals surface area contributed by atoms with E-state index in [9.17, 15) is 8.42 Å². The summed E-state index contributed by atoms with van der Waals surface area (Å²) in [5, 5.41) is 4.04. The highest BCUT2D eigenvalue weighted by atomic mass is 32.2. The lowest BCUT2D eigenvalue weighted by Gasteiger charge is -2.09. The molecule has 0 saturated carbocycles. The maximum Gasteiger partial charge on any atom is 0.240 e. The average Bonchev–Trinajstić information content (AvgIpc) is 2.84. The number of nitrogens with zero attached hydrogens (tertiary/aromatic N) is 2. The molecule has 0 saturated heterocycles. The smallest absolute Gasteiger partial charge is 0.240 e. The molecular formula is C14H20N4O2S. The van der Waals surface area contributed by atoms with Gasteiger partial charge >= 0.3 is 0 Å². The third kappa shape index (κ3) is 3.62. The number of aryl methyl sites for hydroxylation is 2. The quantitative estimate of drug-likeness (QED) is 0.782. The number of anilines is 1. The largest absolute Gasteiger partial charge is 0.398 e. The molecule has 0 unspecified atom stereocenters. The summed E-state index contributed by atoms with van der Waals surface area (Å²) in [4.78, 5) is 0.196. The van der Waals surface area contributed by atoms with Crippen LogP contribution in [0.3, 0.4) is 0 Å². The first-order valence-electron chi connectivity index (χ1n) is 6.79. The van der Waals surface area contributed by atoms with E-state index >= 15 is 0 Å². The zero-order chi connectivity index (χ0) is 15.5. The fourth-order valence-corrected chi connectivity index (χ4v) is 3.17. The van der Waals surface area contributed by atoms with E-state index in [1.165, 1.54) is 6.07 Å². The normalized spacial score (nSPS) is 11.7. The van der Waals surface area contributed by atoms with Crippen molar-refractivity contribution in [2.45, 2.75) is 24.7 Å². The summed E-state index contributed by atoms with van der Waals surface area (Å²) in [5.74, 6) is 0. The van der Waals surface area contributed by atoms with Gasteiger partial charge in [0, 0.05) is 37.6 Å². The van der Waals surface area contributed by atoms with Crippen LogP contribution >= 0.6 is 0 Å². The fraction of sp³-hybridized carbons (Fsp3) is 0.357. The topological polar surface area (TPSA) is 90.0 Å². The molecule has 3 N–H and O–H groups in total. The Morgan fingerprint density at radius 3 is 2.67 bits per heavy atom. The summed E-state index contributed by atoms with van der Waals surface area (Å²) in [6.07, 6.45) is 3.05. The van der Waals surface area contributed by atoms with Crippen molar-refractivity contribution in [2.75, 3.05) is 12.3 Å². The Kier molecular flexibility index (Phi) is 4.64. The summed E-state index contributed by atoms with van der Waals surface area (Å²) >= 11 is 0. The average molecular weight is 308 g/mol. The number of rotatable bonds is 6. The monoisotopic (exact) mass is 308 g/mol. The molecule has 0 aliphatic heterocycles. The highest BCUT2D eigenvalue weighted by Gasteiger charge is 2.14. The van der Waals surface area contributed by atoms with Gasteiger partial charge in [0.1, 0.15) is 0 Å². The van der Waals surface area contributed by atoms with E-state index in [0.717, 1.165) is 17.7 Å². The second kappa shape index (κ2) is 6.28. The van der Waals surface area contributed by atoms with Crippen LogP contribution in [-0.2, 0) is 29.9 Å². The molecule has 1 aromatic carbocycles. The van der Waals surface area contributed by atoms with Crippen molar-refractivity contribution in [3.05, 3.63) is 41.7 Å². The highest BCUT2D eigenvalue weighted by molar-refractivity contribution is 7.89. The second-order valence-corrected chi connectivity index (χ2v) is 6.58. The molecule has 0 aliphatic carbocycles. The number of nitrogens with two attached hydrogens (primary N) is 1. The third-order valence-corrected chi connectivity index (χ3v) is 4.86. The molecule has 0 spiro atoms. The van der Waals surface area contributed by atoms with Gasteiger partial charge < -0.3 is 5.73 Å². The summed E-state index contributed by atoms with van der Waals surface area (Å²) < 4.78 is 28.7. The molecule has 0 radical (unpaired) electrons. The zero-order valence-electron chi connectivity index (χ0n) is 12.2. The molecule has 2 rings (SSSR count). The number of aromatic nitrogens is 2. The lowest BCUT2D eigenvalue weighted by molar-refractivity contribution is 0.579. The minimum Gasteiger partial charge on any atom is -0.398 e. The number of hydrogen-bond acceptors (Lipinski definition) is 4. The predicted molar refractivity (Wildman–Crippen MR) is 82.3 cm³/mol. The Hall–Kier alpha value is -1.86. The Balaban J connectivity index is 2.05. The van der Waals surface area contributed by atoms with Crippen LogP contribution in [0.2, 0.25) is 0 Å². The van der Waals surface area contributed by atoms with Crippen LogP contribution in [-0.4, -0.2) is 24.7 Å². The van der Waals surface area contributed by atoms with Crippen molar-refractivity contribution in [1.29, 1.82) is 0 Å². The molecule has 1 aromatic heterocycles. The second-order valence-electron chi connectivity index (χ2n) is 4.81. The van der Waals surface area contributed by atoms with Gasteiger partial charge in [-0.05, 0) is 30.2 Å². The molecule has 0 atom stereocenters. The number of nitrogen functional groups attached to an aromatic ring is 1. The predicted octanol–water partition coefficient (Wildman–Crippen LogP) is 1.09. The number of benzene rings is 1. The highest BCUT2D eigenvalue weighted by Crippen LogP contribution is 2.18. The van der Waals surface area contributed by atoms with Crippen LogP contribution < -0.4 is 10.5 Å². The first-order valence-corrected chi connectivity index (χ1v) is 8.27. The van der Waals surface area contributed by atoms with E-state index in [1.54, 1.807) is 23.0 Å². The maximum atomic E-state index is 12.2. The lowest BCUT2D eigenvalue weighted by atomic mass is 10.1. The van der Waals surface area contributed by atoms with Crippen LogP contribution in [0.5, 0.6) is 0 Å². The minimum atomic E-state index is -3.53. The van der Waals surface area contributed by atoms with Crippen molar-refractivity contribution >= 4 is 15.7 Å². The van der Waals surface area contributed by atoms with Crippen LogP contribution in [0.4, 0.5) is 5.69 Å². The van der Waals surface area contributed by atoms with Crippen molar-refractivity contribution in [3.8, 4) is 0 Å². The van der Waals surface area contributed by atoms with Crippen LogP contribution in [0.1, 0.15) is 18.2 Å². The fourth-order valence-electron chi connectivity index (χ4n) is 2.11. The van der Waals surface area contributed by atoms with Crippen LogP contribution in [0, 0.1) is 0 Å². The van der Waals surface area contributed by atoms with Crippen LogP contribution in [0.25, 0.3) is 0 Å². The summed E-state index contributed by atoms with van der Waals surface area (Å²) in [6, 6.07) is 6.71. The Bertz CT molecular complexity index is 722. The van der Waals surface area contributed by atoms with E-state index < -0.39 is 10.0 Å². The van der Waals surface area contributed by atoms with E-state index in [0.29, 0.717) is 18.7 Å². The first kappa shape index (κ1) is 15.5. The van der Waals surface area contributed by atoms with E-state index in [-0.39, 0.29) is 4.90 Å². The van der Waals surface area contributed by atoms with Gasteiger partial charge in [-0.3, -0.25) is 4.68 Å². The molecule has 0 aliphatic rings.